The number of hydrogen-bond acceptors (Lipinski definition) is 3. The molecule has 3 rings (SSSR count). The summed E-state index contributed by atoms with van der Waals surface area (Å²) in [7, 11) is -4.01. The molecule has 3 aromatic carbocycles. The molecule has 0 heterocycles. The largest absolute Gasteiger partial charge is 0.324 e. The summed E-state index contributed by atoms with van der Waals surface area (Å²) in [6.07, 6.45) is 0. The topological polar surface area (TPSA) is 66.5 Å². The lowest BCUT2D eigenvalue weighted by atomic mass is 10.2. The van der Waals surface area contributed by atoms with Gasteiger partial charge in [0.15, 0.2) is 0 Å². The molecule has 3 aromatic rings. The lowest BCUT2D eigenvalue weighted by Gasteiger charge is -2.22. The van der Waals surface area contributed by atoms with E-state index in [2.05, 4.69) is 5.32 Å². The summed E-state index contributed by atoms with van der Waals surface area (Å²) < 4.78 is 40.8. The minimum absolute atomic E-state index is 0.0498. The highest BCUT2D eigenvalue weighted by Crippen LogP contribution is 2.26. The summed E-state index contributed by atoms with van der Waals surface area (Å²) >= 11 is 12.0. The first-order valence-electron chi connectivity index (χ1n) is 9.21. The first kappa shape index (κ1) is 23.2. The number of rotatable bonds is 7. The van der Waals surface area contributed by atoms with Crippen LogP contribution >= 0.6 is 23.2 Å². The quantitative estimate of drug-likeness (QED) is 0.500. The second kappa shape index (κ2) is 9.78. The van der Waals surface area contributed by atoms with Gasteiger partial charge in [0, 0.05) is 11.6 Å². The lowest BCUT2D eigenvalue weighted by molar-refractivity contribution is -0.116. The molecule has 0 bridgehead atoms. The van der Waals surface area contributed by atoms with Crippen molar-refractivity contribution in [3.63, 3.8) is 0 Å². The third-order valence-corrected chi connectivity index (χ3v) is 6.82. The Labute approximate surface area is 190 Å². The number of amides is 1. The molecular weight excluding hydrogens is 462 g/mol. The lowest BCUT2D eigenvalue weighted by Crippen LogP contribution is -2.37. The zero-order chi connectivity index (χ0) is 22.6. The van der Waals surface area contributed by atoms with Gasteiger partial charge >= 0.3 is 0 Å². The van der Waals surface area contributed by atoms with Crippen LogP contribution in [0.15, 0.2) is 71.6 Å². The molecule has 0 aliphatic carbocycles. The van der Waals surface area contributed by atoms with Crippen molar-refractivity contribution in [2.75, 3.05) is 11.9 Å². The van der Waals surface area contributed by atoms with Gasteiger partial charge in [-0.3, -0.25) is 4.79 Å². The Morgan fingerprint density at radius 1 is 1.00 bits per heavy atom. The predicted octanol–water partition coefficient (Wildman–Crippen LogP) is 5.27. The van der Waals surface area contributed by atoms with Gasteiger partial charge in [0.2, 0.25) is 15.9 Å². The molecule has 0 unspecified atom stereocenters. The summed E-state index contributed by atoms with van der Waals surface area (Å²) in [4.78, 5) is 12.7. The van der Waals surface area contributed by atoms with E-state index in [1.807, 2.05) is 6.92 Å². The number of nitrogens with zero attached hydrogens (tertiary/aromatic N) is 1. The minimum atomic E-state index is -4.01. The van der Waals surface area contributed by atoms with E-state index >= 15 is 0 Å². The van der Waals surface area contributed by atoms with Crippen molar-refractivity contribution >= 4 is 44.8 Å². The molecule has 0 spiro atoms. The fraction of sp³-hybridized carbons (Fsp3) is 0.136. The Hall–Kier alpha value is -2.45. The van der Waals surface area contributed by atoms with Gasteiger partial charge in [-0.15, -0.1) is 0 Å². The molecule has 0 fully saturated rings. The monoisotopic (exact) mass is 480 g/mol. The van der Waals surface area contributed by atoms with Crippen LogP contribution in [0.3, 0.4) is 0 Å². The number of benzene rings is 3. The van der Waals surface area contributed by atoms with E-state index in [0.29, 0.717) is 10.6 Å². The van der Waals surface area contributed by atoms with Crippen molar-refractivity contribution in [2.24, 2.45) is 0 Å². The van der Waals surface area contributed by atoms with Gasteiger partial charge < -0.3 is 5.32 Å². The van der Waals surface area contributed by atoms with E-state index in [1.165, 1.54) is 48.5 Å². The third-order valence-electron chi connectivity index (χ3n) is 4.45. The van der Waals surface area contributed by atoms with Gasteiger partial charge in [-0.25, -0.2) is 12.8 Å². The van der Waals surface area contributed by atoms with Crippen LogP contribution < -0.4 is 5.32 Å². The molecule has 5 nitrogen and oxygen atoms in total. The van der Waals surface area contributed by atoms with Gasteiger partial charge in [0.05, 0.1) is 22.2 Å². The number of halogens is 3. The number of nitrogens with one attached hydrogen (secondary N) is 1. The van der Waals surface area contributed by atoms with Crippen LogP contribution in [0.2, 0.25) is 10.0 Å². The van der Waals surface area contributed by atoms with Crippen LogP contribution in [-0.2, 0) is 21.4 Å². The fourth-order valence-electron chi connectivity index (χ4n) is 2.82. The van der Waals surface area contributed by atoms with Crippen molar-refractivity contribution in [1.29, 1.82) is 0 Å². The van der Waals surface area contributed by atoms with E-state index < -0.39 is 28.3 Å². The van der Waals surface area contributed by atoms with E-state index in [-0.39, 0.29) is 22.2 Å². The van der Waals surface area contributed by atoms with Crippen LogP contribution in [-0.4, -0.2) is 25.2 Å². The first-order chi connectivity index (χ1) is 14.6. The standard InChI is InChI=1S/C22H19Cl2FN2O3S/c1-15-2-9-19(10-3-15)31(29,30)27(13-16-4-7-18(25)8-5-16)14-22(28)26-21-12-17(23)6-11-20(21)24/h2-12H,13-14H2,1H3,(H,26,28). The fourth-order valence-corrected chi connectivity index (χ4v) is 4.54. The summed E-state index contributed by atoms with van der Waals surface area (Å²) in [5, 5.41) is 3.23. The maximum absolute atomic E-state index is 13.3. The molecule has 1 N–H and O–H groups in total. The highest BCUT2D eigenvalue weighted by molar-refractivity contribution is 7.89. The normalized spacial score (nSPS) is 11.5. The van der Waals surface area contributed by atoms with Crippen LogP contribution in [0, 0.1) is 12.7 Å². The zero-order valence-corrected chi connectivity index (χ0v) is 18.8. The summed E-state index contributed by atoms with van der Waals surface area (Å²) in [5.74, 6) is -1.04. The van der Waals surface area contributed by atoms with Crippen LogP contribution in [0.25, 0.3) is 0 Å². The predicted molar refractivity (Wildman–Crippen MR) is 120 cm³/mol. The SMILES string of the molecule is Cc1ccc(S(=O)(=O)N(CC(=O)Nc2cc(Cl)ccc2Cl)Cc2ccc(F)cc2)cc1. The van der Waals surface area contributed by atoms with E-state index in [1.54, 1.807) is 18.2 Å². The van der Waals surface area contributed by atoms with Gasteiger partial charge in [-0.05, 0) is 55.0 Å². The van der Waals surface area contributed by atoms with Crippen molar-refractivity contribution in [2.45, 2.75) is 18.4 Å². The molecule has 1 amide bonds. The summed E-state index contributed by atoms with van der Waals surface area (Å²) in [6, 6.07) is 16.3. The maximum atomic E-state index is 13.3. The number of carbonyl (C=O) groups excluding carboxylic acids is 1. The smallest absolute Gasteiger partial charge is 0.243 e. The summed E-state index contributed by atoms with van der Waals surface area (Å²) in [6.45, 7) is 1.25. The molecule has 0 saturated heterocycles. The molecule has 0 aliphatic heterocycles. The number of anilines is 1. The van der Waals surface area contributed by atoms with E-state index in [0.717, 1.165) is 9.87 Å². The minimum Gasteiger partial charge on any atom is -0.324 e. The molecule has 0 aliphatic rings. The molecule has 0 atom stereocenters. The van der Waals surface area contributed by atoms with Crippen LogP contribution in [0.5, 0.6) is 0 Å². The van der Waals surface area contributed by atoms with Gasteiger partial charge in [-0.2, -0.15) is 4.31 Å². The number of carbonyl (C=O) groups is 1. The molecule has 9 heteroatoms. The first-order valence-corrected chi connectivity index (χ1v) is 11.4. The van der Waals surface area contributed by atoms with Crippen molar-refractivity contribution in [3.05, 3.63) is 93.7 Å². The maximum Gasteiger partial charge on any atom is 0.243 e. The second-order valence-corrected chi connectivity index (χ2v) is 9.67. The number of aryl methyl sites for hydroxylation is 1. The van der Waals surface area contributed by atoms with Gasteiger partial charge in [0.25, 0.3) is 0 Å². The van der Waals surface area contributed by atoms with E-state index in [9.17, 15) is 17.6 Å². The number of hydrogen-bond donors (Lipinski definition) is 1. The number of sulfonamides is 1. The average molecular weight is 481 g/mol. The molecule has 0 saturated carbocycles. The molecule has 162 valence electrons. The Balaban J connectivity index is 1.89. The van der Waals surface area contributed by atoms with Crippen molar-refractivity contribution < 1.29 is 17.6 Å². The molecular formula is C22H19Cl2FN2O3S. The molecule has 31 heavy (non-hydrogen) atoms. The Morgan fingerprint density at radius 3 is 2.29 bits per heavy atom. The molecule has 0 radical (unpaired) electrons. The summed E-state index contributed by atoms with van der Waals surface area (Å²) in [5.41, 5.74) is 1.71. The second-order valence-electron chi connectivity index (χ2n) is 6.88. The Bertz CT molecular complexity index is 1180. The average Bonchev–Trinajstić information content (AvgIpc) is 2.72. The third kappa shape index (κ3) is 6.04. The molecule has 0 aromatic heterocycles. The van der Waals surface area contributed by atoms with E-state index in [4.69, 9.17) is 23.2 Å². The van der Waals surface area contributed by atoms with Gasteiger partial charge in [0.1, 0.15) is 5.82 Å². The Morgan fingerprint density at radius 2 is 1.65 bits per heavy atom. The van der Waals surface area contributed by atoms with Crippen LogP contribution in [0.4, 0.5) is 10.1 Å². The zero-order valence-electron chi connectivity index (χ0n) is 16.5. The van der Waals surface area contributed by atoms with Crippen molar-refractivity contribution in [1.82, 2.24) is 4.31 Å². The highest BCUT2D eigenvalue weighted by Gasteiger charge is 2.27. The Kier molecular flexibility index (Phi) is 7.33. The van der Waals surface area contributed by atoms with Crippen LogP contribution in [0.1, 0.15) is 11.1 Å². The van der Waals surface area contributed by atoms with Crippen molar-refractivity contribution in [3.8, 4) is 0 Å². The highest BCUT2D eigenvalue weighted by atomic mass is 35.5. The van der Waals surface area contributed by atoms with Gasteiger partial charge in [-0.1, -0.05) is 53.0 Å².